The highest BCUT2D eigenvalue weighted by Gasteiger charge is 2.60. The largest absolute Gasteiger partial charge is 0.468 e. The maximum atomic E-state index is 12.3. The van der Waals surface area contributed by atoms with Gasteiger partial charge in [-0.05, 0) is 30.1 Å². The van der Waals surface area contributed by atoms with Gasteiger partial charge in [-0.3, -0.25) is 9.59 Å². The molecule has 0 aromatic rings. The Morgan fingerprint density at radius 2 is 2.06 bits per heavy atom. The number of fused-ring (bicyclic) bond motifs is 5. The number of hydrogen-bond donors (Lipinski definition) is 0. The third kappa shape index (κ3) is 1.04. The highest BCUT2D eigenvalue weighted by atomic mass is 16.5. The van der Waals surface area contributed by atoms with E-state index in [1.165, 1.54) is 7.11 Å². The van der Waals surface area contributed by atoms with Crippen molar-refractivity contribution in [2.45, 2.75) is 13.3 Å². The minimum absolute atomic E-state index is 0.0918. The molecule has 0 amide bonds. The van der Waals surface area contributed by atoms with Gasteiger partial charge in [-0.2, -0.15) is 0 Å². The highest BCUT2D eigenvalue weighted by molar-refractivity contribution is 6.03. The molecule has 0 heterocycles. The number of methoxy groups -OCH3 is 1. The molecule has 3 aliphatic carbocycles. The quantitative estimate of drug-likeness (QED) is 0.381. The van der Waals surface area contributed by atoms with Gasteiger partial charge in [0.1, 0.15) is 5.92 Å². The molecule has 3 heteroatoms. The lowest BCUT2D eigenvalue weighted by Crippen LogP contribution is -2.28. The van der Waals surface area contributed by atoms with Gasteiger partial charge < -0.3 is 4.74 Å². The monoisotopic (exact) mass is 220 g/mol. The summed E-state index contributed by atoms with van der Waals surface area (Å²) < 4.78 is 4.75. The number of rotatable bonds is 1. The van der Waals surface area contributed by atoms with Crippen LogP contribution in [0.4, 0.5) is 0 Å². The zero-order chi connectivity index (χ0) is 11.4. The third-order valence-electron chi connectivity index (χ3n) is 4.74. The summed E-state index contributed by atoms with van der Waals surface area (Å²) in [4.78, 5) is 23.9. The molecule has 2 fully saturated rings. The van der Waals surface area contributed by atoms with E-state index >= 15 is 0 Å². The van der Waals surface area contributed by atoms with Gasteiger partial charge in [-0.1, -0.05) is 19.1 Å². The minimum Gasteiger partial charge on any atom is -0.468 e. The van der Waals surface area contributed by atoms with Crippen molar-refractivity contribution in [3.8, 4) is 0 Å². The first-order chi connectivity index (χ1) is 7.65. The number of carbonyl (C=O) groups is 2. The number of hydrogen-bond acceptors (Lipinski definition) is 3. The van der Waals surface area contributed by atoms with Crippen molar-refractivity contribution in [3.63, 3.8) is 0 Å². The van der Waals surface area contributed by atoms with Crippen LogP contribution in [0, 0.1) is 35.5 Å². The Labute approximate surface area is 94.8 Å². The molecule has 0 aromatic heterocycles. The van der Waals surface area contributed by atoms with Gasteiger partial charge in [0.25, 0.3) is 0 Å². The van der Waals surface area contributed by atoms with Crippen molar-refractivity contribution in [2.24, 2.45) is 35.5 Å². The molecule has 0 aromatic carbocycles. The second-order valence-corrected chi connectivity index (χ2v) is 5.31. The molecule has 0 N–H and O–H groups in total. The Morgan fingerprint density at radius 1 is 1.38 bits per heavy atom. The predicted molar refractivity (Wildman–Crippen MR) is 57.4 cm³/mol. The summed E-state index contributed by atoms with van der Waals surface area (Å²) >= 11 is 0. The van der Waals surface area contributed by atoms with Crippen LogP contribution in [0.1, 0.15) is 13.3 Å². The van der Waals surface area contributed by atoms with Crippen molar-refractivity contribution in [1.29, 1.82) is 0 Å². The van der Waals surface area contributed by atoms with E-state index in [1.807, 2.05) is 6.92 Å². The van der Waals surface area contributed by atoms with E-state index in [0.717, 1.165) is 6.42 Å². The summed E-state index contributed by atoms with van der Waals surface area (Å²) in [5.74, 6) is 0.798. The minimum atomic E-state index is -0.509. The second kappa shape index (κ2) is 3.19. The van der Waals surface area contributed by atoms with Gasteiger partial charge in [-0.15, -0.1) is 0 Å². The molecule has 86 valence electrons. The molecule has 3 nitrogen and oxygen atoms in total. The van der Waals surface area contributed by atoms with E-state index in [9.17, 15) is 9.59 Å². The number of allylic oxidation sites excluding steroid dienone is 2. The van der Waals surface area contributed by atoms with Crippen molar-refractivity contribution in [3.05, 3.63) is 12.2 Å². The molecule has 3 aliphatic rings. The van der Waals surface area contributed by atoms with Crippen LogP contribution in [0.3, 0.4) is 0 Å². The van der Waals surface area contributed by atoms with Crippen LogP contribution in [-0.4, -0.2) is 18.9 Å². The van der Waals surface area contributed by atoms with Crippen LogP contribution >= 0.6 is 0 Å². The predicted octanol–water partition coefficient (Wildman–Crippen LogP) is 1.43. The Hall–Kier alpha value is -1.12. The first-order valence-corrected chi connectivity index (χ1v) is 5.95. The lowest BCUT2D eigenvalue weighted by molar-refractivity contribution is -0.150. The summed E-state index contributed by atoms with van der Waals surface area (Å²) in [5, 5.41) is 0. The van der Waals surface area contributed by atoms with Crippen LogP contribution in [0.15, 0.2) is 12.2 Å². The van der Waals surface area contributed by atoms with E-state index in [2.05, 4.69) is 12.2 Å². The summed E-state index contributed by atoms with van der Waals surface area (Å²) in [6.07, 6.45) is 5.50. The van der Waals surface area contributed by atoms with E-state index in [4.69, 9.17) is 4.74 Å². The van der Waals surface area contributed by atoms with E-state index in [1.54, 1.807) is 0 Å². The van der Waals surface area contributed by atoms with Gasteiger partial charge in [0, 0.05) is 5.92 Å². The van der Waals surface area contributed by atoms with E-state index in [0.29, 0.717) is 17.8 Å². The van der Waals surface area contributed by atoms with Crippen LogP contribution < -0.4 is 0 Å². The zero-order valence-corrected chi connectivity index (χ0v) is 9.55. The van der Waals surface area contributed by atoms with Gasteiger partial charge in [0.05, 0.1) is 7.11 Å². The van der Waals surface area contributed by atoms with Crippen LogP contribution in [0.2, 0.25) is 0 Å². The van der Waals surface area contributed by atoms with Crippen LogP contribution in [-0.2, 0) is 14.3 Å². The number of ether oxygens (including phenoxy) is 1. The molecule has 0 aliphatic heterocycles. The third-order valence-corrected chi connectivity index (χ3v) is 4.74. The molecular formula is C13H16O3. The fraction of sp³-hybridized carbons (Fsp3) is 0.692. The first-order valence-electron chi connectivity index (χ1n) is 5.95. The van der Waals surface area contributed by atoms with Crippen molar-refractivity contribution in [1.82, 2.24) is 0 Å². The zero-order valence-electron chi connectivity index (χ0n) is 9.55. The lowest BCUT2D eigenvalue weighted by atomic mass is 9.81. The molecule has 0 saturated heterocycles. The number of esters is 1. The van der Waals surface area contributed by atoms with Crippen molar-refractivity contribution >= 4 is 11.8 Å². The fourth-order valence-electron chi connectivity index (χ4n) is 4.12. The summed E-state index contributed by atoms with van der Waals surface area (Å²) in [6, 6.07) is 0. The van der Waals surface area contributed by atoms with Crippen LogP contribution in [0.25, 0.3) is 0 Å². The Morgan fingerprint density at radius 3 is 2.69 bits per heavy atom. The Kier molecular flexibility index (Phi) is 2.00. The molecule has 4 unspecified atom stereocenters. The molecule has 2 saturated carbocycles. The standard InChI is InChI=1S/C13H16O3/c1-6-9-7-3-4-8(5-7)11(9)12(14)10(6)13(15)16-2/h3-4,6-11H,5H2,1-2H3/t6?,7-,8+,9?,10?,11?/m0/s1. The molecule has 2 bridgehead atoms. The summed E-state index contributed by atoms with van der Waals surface area (Å²) in [5.41, 5.74) is 0. The van der Waals surface area contributed by atoms with Crippen molar-refractivity contribution < 1.29 is 14.3 Å². The van der Waals surface area contributed by atoms with Gasteiger partial charge in [0.15, 0.2) is 5.78 Å². The fourth-order valence-corrected chi connectivity index (χ4v) is 4.12. The van der Waals surface area contributed by atoms with Gasteiger partial charge in [0.2, 0.25) is 0 Å². The average molecular weight is 220 g/mol. The lowest BCUT2D eigenvalue weighted by Gasteiger charge is -2.22. The van der Waals surface area contributed by atoms with E-state index in [-0.39, 0.29) is 23.6 Å². The molecular weight excluding hydrogens is 204 g/mol. The number of carbonyl (C=O) groups excluding carboxylic acids is 2. The summed E-state index contributed by atoms with van der Waals surface area (Å²) in [7, 11) is 1.36. The molecule has 16 heavy (non-hydrogen) atoms. The van der Waals surface area contributed by atoms with E-state index < -0.39 is 5.92 Å². The van der Waals surface area contributed by atoms with Gasteiger partial charge >= 0.3 is 5.97 Å². The normalized spacial score (nSPS) is 48.5. The van der Waals surface area contributed by atoms with Crippen LogP contribution in [0.5, 0.6) is 0 Å². The second-order valence-electron chi connectivity index (χ2n) is 5.31. The first kappa shape index (κ1) is 10.1. The Bertz CT molecular complexity index is 385. The number of ketones is 1. The smallest absolute Gasteiger partial charge is 0.316 e. The average Bonchev–Trinajstić information content (AvgIpc) is 2.92. The van der Waals surface area contributed by atoms with Gasteiger partial charge in [-0.25, -0.2) is 0 Å². The topological polar surface area (TPSA) is 43.4 Å². The maximum absolute atomic E-state index is 12.3. The Balaban J connectivity index is 1.94. The van der Waals surface area contributed by atoms with Crippen molar-refractivity contribution in [2.75, 3.05) is 7.11 Å². The maximum Gasteiger partial charge on any atom is 0.316 e. The highest BCUT2D eigenvalue weighted by Crippen LogP contribution is 2.57. The summed E-state index contributed by atoms with van der Waals surface area (Å²) in [6.45, 7) is 2.03. The molecule has 0 radical (unpaired) electrons. The molecule has 3 rings (SSSR count). The molecule has 6 atom stereocenters. The molecule has 0 spiro atoms. The number of Topliss-reactive ketones (excluding diaryl/α,β-unsaturated/α-hetero) is 1. The SMILES string of the molecule is COC(=O)C1C(=O)C2C(C1C)[C@H]1C=C[C@@H]2C1.